The number of hydrogen-bond donors (Lipinski definition) is 0. The SMILES string of the molecule is C#CC(C)(C)OOOC(=O)C(CC)c1ccccc1. The van der Waals surface area contributed by atoms with Gasteiger partial charge in [-0.25, -0.2) is 4.79 Å². The normalized spacial score (nSPS) is 12.5. The lowest BCUT2D eigenvalue weighted by Gasteiger charge is -2.16. The lowest BCUT2D eigenvalue weighted by Crippen LogP contribution is -2.24. The molecule has 0 aliphatic heterocycles. The maximum absolute atomic E-state index is 11.9. The van der Waals surface area contributed by atoms with Crippen molar-refractivity contribution in [2.24, 2.45) is 0 Å². The Balaban J connectivity index is 2.55. The fourth-order valence-corrected chi connectivity index (χ4v) is 1.44. The molecule has 4 heteroatoms. The zero-order chi connectivity index (χ0) is 14.3. The highest BCUT2D eigenvalue weighted by molar-refractivity contribution is 5.77. The second kappa shape index (κ2) is 6.93. The van der Waals surface area contributed by atoms with E-state index >= 15 is 0 Å². The van der Waals surface area contributed by atoms with Gasteiger partial charge in [-0.05, 0) is 30.9 Å². The van der Waals surface area contributed by atoms with Gasteiger partial charge in [-0.15, -0.1) is 6.42 Å². The molecular formula is C15H18O4. The summed E-state index contributed by atoms with van der Waals surface area (Å²) in [6.45, 7) is 5.13. The highest BCUT2D eigenvalue weighted by atomic mass is 17.5. The molecule has 0 fully saturated rings. The zero-order valence-electron chi connectivity index (χ0n) is 11.4. The monoisotopic (exact) mass is 262 g/mol. The lowest BCUT2D eigenvalue weighted by molar-refractivity contribution is -0.509. The summed E-state index contributed by atoms with van der Waals surface area (Å²) in [5.74, 6) is 1.45. The first-order valence-corrected chi connectivity index (χ1v) is 6.09. The minimum atomic E-state index is -0.950. The summed E-state index contributed by atoms with van der Waals surface area (Å²) < 4.78 is 0. The molecule has 0 N–H and O–H groups in total. The first-order chi connectivity index (χ1) is 9.00. The molecule has 0 aliphatic rings. The third-order valence-corrected chi connectivity index (χ3v) is 2.60. The predicted octanol–water partition coefficient (Wildman–Crippen LogP) is 3.00. The number of hydrogen-bond acceptors (Lipinski definition) is 4. The van der Waals surface area contributed by atoms with E-state index in [0.717, 1.165) is 5.56 Å². The summed E-state index contributed by atoms with van der Waals surface area (Å²) in [6.07, 6.45) is 5.81. The molecule has 0 saturated heterocycles. The molecule has 0 aromatic heterocycles. The van der Waals surface area contributed by atoms with E-state index in [1.165, 1.54) is 0 Å². The summed E-state index contributed by atoms with van der Waals surface area (Å²) in [5.41, 5.74) is -0.0795. The first-order valence-electron chi connectivity index (χ1n) is 6.09. The zero-order valence-corrected chi connectivity index (χ0v) is 11.4. The molecule has 19 heavy (non-hydrogen) atoms. The van der Waals surface area contributed by atoms with E-state index in [4.69, 9.17) is 11.3 Å². The van der Waals surface area contributed by atoms with Crippen molar-refractivity contribution < 1.29 is 19.6 Å². The van der Waals surface area contributed by atoms with Crippen LogP contribution in [0.5, 0.6) is 0 Å². The molecule has 1 aromatic rings. The Bertz CT molecular complexity index is 445. The Kier molecular flexibility index (Phi) is 5.56. The van der Waals surface area contributed by atoms with E-state index < -0.39 is 17.5 Å². The van der Waals surface area contributed by atoms with Crippen molar-refractivity contribution in [3.8, 4) is 12.3 Å². The second-order valence-corrected chi connectivity index (χ2v) is 4.58. The average Bonchev–Trinajstić information content (AvgIpc) is 2.40. The number of benzene rings is 1. The number of carbonyl (C=O) groups is 1. The third-order valence-electron chi connectivity index (χ3n) is 2.60. The van der Waals surface area contributed by atoms with Crippen LogP contribution in [0.4, 0.5) is 0 Å². The Morgan fingerprint density at radius 1 is 1.37 bits per heavy atom. The highest BCUT2D eigenvalue weighted by Gasteiger charge is 2.23. The van der Waals surface area contributed by atoms with Crippen LogP contribution in [0.1, 0.15) is 38.7 Å². The van der Waals surface area contributed by atoms with Crippen molar-refractivity contribution in [2.75, 3.05) is 0 Å². The summed E-state index contributed by atoms with van der Waals surface area (Å²) in [7, 11) is 0. The molecule has 0 saturated carbocycles. The Hall–Kier alpha value is -1.83. The van der Waals surface area contributed by atoms with Crippen LogP contribution in [0.25, 0.3) is 0 Å². The Morgan fingerprint density at radius 3 is 2.53 bits per heavy atom. The lowest BCUT2D eigenvalue weighted by atomic mass is 9.97. The average molecular weight is 262 g/mol. The van der Waals surface area contributed by atoms with Gasteiger partial charge in [0.05, 0.1) is 5.92 Å². The topological polar surface area (TPSA) is 44.8 Å². The fourth-order valence-electron chi connectivity index (χ4n) is 1.44. The molecule has 0 spiro atoms. The smallest absolute Gasteiger partial charge is 0.268 e. The molecular weight excluding hydrogens is 244 g/mol. The molecule has 0 amide bonds. The number of terminal acetylenes is 1. The van der Waals surface area contributed by atoms with Crippen LogP contribution >= 0.6 is 0 Å². The van der Waals surface area contributed by atoms with E-state index in [9.17, 15) is 4.79 Å². The van der Waals surface area contributed by atoms with E-state index in [1.54, 1.807) is 13.8 Å². The molecule has 0 aliphatic carbocycles. The van der Waals surface area contributed by atoms with E-state index in [0.29, 0.717) is 6.42 Å². The third kappa shape index (κ3) is 4.74. The predicted molar refractivity (Wildman–Crippen MR) is 70.6 cm³/mol. The van der Waals surface area contributed by atoms with Gasteiger partial charge in [0, 0.05) is 0 Å². The molecule has 1 aromatic carbocycles. The molecule has 0 radical (unpaired) electrons. The molecule has 0 heterocycles. The Labute approximate surface area is 113 Å². The van der Waals surface area contributed by atoms with Crippen LogP contribution in [-0.4, -0.2) is 11.6 Å². The maximum atomic E-state index is 11.9. The van der Waals surface area contributed by atoms with Gasteiger partial charge in [0.1, 0.15) is 0 Å². The standard InChI is InChI=1S/C15H18O4/c1-5-13(12-10-8-7-9-11-12)14(16)17-19-18-15(3,4)6-2/h2,7-11,13H,5H2,1,3-4H3. The summed E-state index contributed by atoms with van der Waals surface area (Å²) in [5, 5.41) is 4.46. The van der Waals surface area contributed by atoms with Gasteiger partial charge in [-0.3, -0.25) is 4.89 Å². The molecule has 1 atom stereocenters. The van der Waals surface area contributed by atoms with Crippen LogP contribution in [0, 0.1) is 12.3 Å². The van der Waals surface area contributed by atoms with Crippen molar-refractivity contribution in [1.29, 1.82) is 0 Å². The van der Waals surface area contributed by atoms with E-state index in [-0.39, 0.29) is 0 Å². The summed E-state index contributed by atoms with van der Waals surface area (Å²) in [6, 6.07) is 9.34. The first kappa shape index (κ1) is 15.2. The van der Waals surface area contributed by atoms with Gasteiger partial charge >= 0.3 is 5.97 Å². The largest absolute Gasteiger partial charge is 0.353 e. The van der Waals surface area contributed by atoms with Gasteiger partial charge < -0.3 is 0 Å². The second-order valence-electron chi connectivity index (χ2n) is 4.58. The van der Waals surface area contributed by atoms with E-state index in [1.807, 2.05) is 37.3 Å². The van der Waals surface area contributed by atoms with E-state index in [2.05, 4.69) is 15.8 Å². The Morgan fingerprint density at radius 2 is 2.00 bits per heavy atom. The van der Waals surface area contributed by atoms with Crippen LogP contribution in [-0.2, 0) is 19.6 Å². The minimum absolute atomic E-state index is 0.390. The summed E-state index contributed by atoms with van der Waals surface area (Å²) >= 11 is 0. The number of carbonyl (C=O) groups excluding carboxylic acids is 1. The van der Waals surface area contributed by atoms with Gasteiger partial charge in [0.25, 0.3) is 0 Å². The molecule has 1 rings (SSSR count). The van der Waals surface area contributed by atoms with Crippen molar-refractivity contribution in [1.82, 2.24) is 0 Å². The maximum Gasteiger partial charge on any atom is 0.353 e. The van der Waals surface area contributed by atoms with Crippen LogP contribution in [0.15, 0.2) is 30.3 Å². The fraction of sp³-hybridized carbons (Fsp3) is 0.400. The molecule has 0 bridgehead atoms. The number of rotatable bonds is 6. The molecule has 102 valence electrons. The molecule has 4 nitrogen and oxygen atoms in total. The van der Waals surface area contributed by atoms with Gasteiger partial charge in [-0.2, -0.15) is 4.89 Å². The van der Waals surface area contributed by atoms with Crippen molar-refractivity contribution in [2.45, 2.75) is 38.7 Å². The van der Waals surface area contributed by atoms with Crippen LogP contribution in [0.3, 0.4) is 0 Å². The van der Waals surface area contributed by atoms with Crippen LogP contribution in [0.2, 0.25) is 0 Å². The van der Waals surface area contributed by atoms with Crippen molar-refractivity contribution in [3.05, 3.63) is 35.9 Å². The van der Waals surface area contributed by atoms with Gasteiger partial charge in [0.2, 0.25) is 0 Å². The van der Waals surface area contributed by atoms with Gasteiger partial charge in [0.15, 0.2) is 5.60 Å². The van der Waals surface area contributed by atoms with Crippen LogP contribution < -0.4 is 0 Å². The summed E-state index contributed by atoms with van der Waals surface area (Å²) in [4.78, 5) is 21.3. The molecule has 1 unspecified atom stereocenters. The minimum Gasteiger partial charge on any atom is -0.268 e. The van der Waals surface area contributed by atoms with Crippen molar-refractivity contribution >= 4 is 5.97 Å². The quantitative estimate of drug-likeness (QED) is 0.449. The van der Waals surface area contributed by atoms with Crippen molar-refractivity contribution in [3.63, 3.8) is 0 Å². The van der Waals surface area contributed by atoms with Gasteiger partial charge in [-0.1, -0.05) is 43.2 Å². The highest BCUT2D eigenvalue weighted by Crippen LogP contribution is 2.21.